The molecule has 0 aliphatic heterocycles. The molecule has 0 spiro atoms. The molecule has 0 amide bonds. The number of nitriles is 1. The van der Waals surface area contributed by atoms with E-state index in [2.05, 4.69) is 21.4 Å². The van der Waals surface area contributed by atoms with Crippen molar-refractivity contribution in [2.45, 2.75) is 13.0 Å². The molecule has 0 radical (unpaired) electrons. The molecule has 1 aromatic carbocycles. The Kier molecular flexibility index (Phi) is 3.48. The maximum Gasteiger partial charge on any atom is 0.145 e. The van der Waals surface area contributed by atoms with Crippen molar-refractivity contribution in [1.29, 1.82) is 5.26 Å². The summed E-state index contributed by atoms with van der Waals surface area (Å²) in [4.78, 5) is 8.67. The van der Waals surface area contributed by atoms with Crippen LogP contribution in [0.4, 0.5) is 5.82 Å². The van der Waals surface area contributed by atoms with Gasteiger partial charge in [0.15, 0.2) is 0 Å². The molecule has 2 aromatic heterocycles. The van der Waals surface area contributed by atoms with Crippen LogP contribution < -0.4 is 5.32 Å². The number of rotatable bonds is 3. The minimum Gasteiger partial charge on any atom is -0.362 e. The lowest BCUT2D eigenvalue weighted by molar-refractivity contribution is 0.867. The van der Waals surface area contributed by atoms with Gasteiger partial charge in [0.05, 0.1) is 17.1 Å². The van der Waals surface area contributed by atoms with Crippen LogP contribution in [0.15, 0.2) is 54.9 Å². The third kappa shape index (κ3) is 2.67. The van der Waals surface area contributed by atoms with Gasteiger partial charge >= 0.3 is 0 Å². The summed E-state index contributed by atoms with van der Waals surface area (Å²) in [7, 11) is 0. The van der Waals surface area contributed by atoms with Gasteiger partial charge in [0.1, 0.15) is 11.9 Å². The summed E-state index contributed by atoms with van der Waals surface area (Å²) in [5, 5.41) is 13.6. The molecule has 1 unspecified atom stereocenters. The Morgan fingerprint density at radius 2 is 2.05 bits per heavy atom. The van der Waals surface area contributed by atoms with Gasteiger partial charge in [-0.1, -0.05) is 24.3 Å². The molecule has 4 heteroatoms. The summed E-state index contributed by atoms with van der Waals surface area (Å²) in [5.41, 5.74) is 2.47. The van der Waals surface area contributed by atoms with Crippen LogP contribution in [0.25, 0.3) is 10.9 Å². The first-order chi connectivity index (χ1) is 10.3. The van der Waals surface area contributed by atoms with Crippen LogP contribution in [0.3, 0.4) is 0 Å². The molecule has 0 bridgehead atoms. The summed E-state index contributed by atoms with van der Waals surface area (Å²) in [5.74, 6) is 0.604. The first-order valence-corrected chi connectivity index (χ1v) is 6.74. The number of hydrogen-bond donors (Lipinski definition) is 1. The van der Waals surface area contributed by atoms with Crippen molar-refractivity contribution in [1.82, 2.24) is 9.97 Å². The Morgan fingerprint density at radius 3 is 2.81 bits per heavy atom. The van der Waals surface area contributed by atoms with E-state index in [0.29, 0.717) is 11.4 Å². The van der Waals surface area contributed by atoms with E-state index in [-0.39, 0.29) is 6.04 Å². The summed E-state index contributed by atoms with van der Waals surface area (Å²) < 4.78 is 0. The van der Waals surface area contributed by atoms with Gasteiger partial charge in [0.2, 0.25) is 0 Å². The molecule has 0 aliphatic carbocycles. The predicted molar refractivity (Wildman–Crippen MR) is 82.7 cm³/mol. The second kappa shape index (κ2) is 5.59. The van der Waals surface area contributed by atoms with E-state index in [1.165, 1.54) is 0 Å². The average Bonchev–Trinajstić information content (AvgIpc) is 2.55. The molecular weight excluding hydrogens is 260 g/mol. The van der Waals surface area contributed by atoms with Gasteiger partial charge < -0.3 is 5.32 Å². The topological polar surface area (TPSA) is 61.6 Å². The van der Waals surface area contributed by atoms with Crippen LogP contribution in [0.2, 0.25) is 0 Å². The van der Waals surface area contributed by atoms with E-state index in [0.717, 1.165) is 16.5 Å². The minimum atomic E-state index is 0.0273. The quantitative estimate of drug-likeness (QED) is 0.791. The van der Waals surface area contributed by atoms with Crippen molar-refractivity contribution in [2.75, 3.05) is 5.32 Å². The molecule has 2 heterocycles. The molecule has 0 fully saturated rings. The van der Waals surface area contributed by atoms with E-state index in [1.54, 1.807) is 6.20 Å². The van der Waals surface area contributed by atoms with E-state index >= 15 is 0 Å². The van der Waals surface area contributed by atoms with Gasteiger partial charge in [-0.15, -0.1) is 0 Å². The fourth-order valence-corrected chi connectivity index (χ4v) is 2.23. The number of pyridine rings is 2. The summed E-state index contributed by atoms with van der Waals surface area (Å²) in [6, 6.07) is 15.8. The van der Waals surface area contributed by atoms with Gasteiger partial charge in [-0.2, -0.15) is 5.26 Å². The van der Waals surface area contributed by atoms with Crippen LogP contribution in [0.1, 0.15) is 24.1 Å². The predicted octanol–water partition coefficient (Wildman–Crippen LogP) is 3.67. The van der Waals surface area contributed by atoms with Crippen LogP contribution in [0, 0.1) is 11.3 Å². The number of para-hydroxylation sites is 1. The Morgan fingerprint density at radius 1 is 1.19 bits per heavy atom. The normalized spacial score (nSPS) is 11.8. The van der Waals surface area contributed by atoms with Gasteiger partial charge in [-0.25, -0.2) is 4.98 Å². The molecule has 4 nitrogen and oxygen atoms in total. The van der Waals surface area contributed by atoms with Gasteiger partial charge in [-0.05, 0) is 30.7 Å². The summed E-state index contributed by atoms with van der Waals surface area (Å²) in [6.45, 7) is 2.02. The van der Waals surface area contributed by atoms with Gasteiger partial charge in [0.25, 0.3) is 0 Å². The smallest absolute Gasteiger partial charge is 0.145 e. The monoisotopic (exact) mass is 274 g/mol. The number of benzene rings is 1. The minimum absolute atomic E-state index is 0.0273. The molecule has 21 heavy (non-hydrogen) atoms. The van der Waals surface area contributed by atoms with Crippen LogP contribution in [0.5, 0.6) is 0 Å². The largest absolute Gasteiger partial charge is 0.362 e. The Balaban J connectivity index is 1.98. The lowest BCUT2D eigenvalue weighted by atomic mass is 10.1. The van der Waals surface area contributed by atoms with Crippen LogP contribution in [-0.4, -0.2) is 9.97 Å². The van der Waals surface area contributed by atoms with Crippen LogP contribution >= 0.6 is 0 Å². The molecule has 0 aliphatic rings. The number of aromatic nitrogens is 2. The SMILES string of the molecule is CC(Nc1nc2ccccc2cc1C#N)c1cccnc1. The molecule has 1 N–H and O–H groups in total. The van der Waals surface area contributed by atoms with E-state index < -0.39 is 0 Å². The molecular formula is C17H14N4. The molecule has 102 valence electrons. The average molecular weight is 274 g/mol. The number of nitrogens with zero attached hydrogens (tertiary/aromatic N) is 3. The van der Waals surface area contributed by atoms with Crippen LogP contribution in [-0.2, 0) is 0 Å². The third-order valence-electron chi connectivity index (χ3n) is 3.38. The first-order valence-electron chi connectivity index (χ1n) is 6.74. The fourth-order valence-electron chi connectivity index (χ4n) is 2.23. The van der Waals surface area contributed by atoms with E-state index in [9.17, 15) is 5.26 Å². The maximum absolute atomic E-state index is 9.32. The van der Waals surface area contributed by atoms with Crippen molar-refractivity contribution < 1.29 is 0 Å². The number of anilines is 1. The Hall–Kier alpha value is -2.93. The summed E-state index contributed by atoms with van der Waals surface area (Å²) in [6.07, 6.45) is 3.55. The molecule has 1 atom stereocenters. The molecule has 0 saturated heterocycles. The van der Waals surface area contributed by atoms with Crippen molar-refractivity contribution >= 4 is 16.7 Å². The number of fused-ring (bicyclic) bond motifs is 1. The van der Waals surface area contributed by atoms with E-state index in [4.69, 9.17) is 0 Å². The zero-order chi connectivity index (χ0) is 14.7. The Bertz CT molecular complexity index is 806. The van der Waals surface area contributed by atoms with Crippen molar-refractivity contribution in [3.05, 3.63) is 66.0 Å². The van der Waals surface area contributed by atoms with Crippen molar-refractivity contribution in [2.24, 2.45) is 0 Å². The third-order valence-corrected chi connectivity index (χ3v) is 3.38. The lowest BCUT2D eigenvalue weighted by Crippen LogP contribution is -2.09. The molecule has 0 saturated carbocycles. The van der Waals surface area contributed by atoms with Gasteiger partial charge in [-0.3, -0.25) is 4.98 Å². The van der Waals surface area contributed by atoms with E-state index in [1.807, 2.05) is 55.6 Å². The second-order valence-electron chi connectivity index (χ2n) is 4.84. The molecule has 3 rings (SSSR count). The zero-order valence-corrected chi connectivity index (χ0v) is 11.6. The van der Waals surface area contributed by atoms with Gasteiger partial charge in [0, 0.05) is 17.8 Å². The maximum atomic E-state index is 9.32. The fraction of sp³-hybridized carbons (Fsp3) is 0.118. The standard InChI is InChI=1S/C17H14N4/c1-12(14-6-4-8-19-11-14)20-17-15(10-18)9-13-5-2-3-7-16(13)21-17/h2-9,11-12H,1H3,(H,20,21). The lowest BCUT2D eigenvalue weighted by Gasteiger charge is -2.16. The highest BCUT2D eigenvalue weighted by Gasteiger charge is 2.11. The number of hydrogen-bond acceptors (Lipinski definition) is 4. The zero-order valence-electron chi connectivity index (χ0n) is 11.6. The van der Waals surface area contributed by atoms with Crippen molar-refractivity contribution in [3.63, 3.8) is 0 Å². The highest BCUT2D eigenvalue weighted by Crippen LogP contribution is 2.23. The highest BCUT2D eigenvalue weighted by molar-refractivity contribution is 5.82. The highest BCUT2D eigenvalue weighted by atomic mass is 15.0. The summed E-state index contributed by atoms with van der Waals surface area (Å²) >= 11 is 0. The molecule has 3 aromatic rings. The first kappa shape index (κ1) is 13.1. The second-order valence-corrected chi connectivity index (χ2v) is 4.84. The Labute approximate surface area is 123 Å². The number of nitrogens with one attached hydrogen (secondary N) is 1. The van der Waals surface area contributed by atoms with Crippen molar-refractivity contribution in [3.8, 4) is 6.07 Å².